The molecule has 2 nitrogen and oxygen atoms in total. The first kappa shape index (κ1) is 15.9. The fraction of sp³-hybridized carbons (Fsp3) is 0.579. The Hall–Kier alpha value is -1.44. The van der Waals surface area contributed by atoms with E-state index < -0.39 is 0 Å². The van der Waals surface area contributed by atoms with E-state index in [0.717, 1.165) is 0 Å². The lowest BCUT2D eigenvalue weighted by molar-refractivity contribution is 0.517. The van der Waals surface area contributed by atoms with Gasteiger partial charge in [-0.15, -0.1) is 0 Å². The van der Waals surface area contributed by atoms with E-state index in [4.69, 9.17) is 0 Å². The fourth-order valence-corrected chi connectivity index (χ4v) is 3.30. The Bertz CT molecular complexity index is 574. The molecule has 2 heterocycles. The monoisotopic (exact) mass is 286 g/mol. The number of nitrogens with zero attached hydrogens (tertiary/aromatic N) is 2. The van der Waals surface area contributed by atoms with Crippen molar-refractivity contribution in [1.82, 2.24) is 9.13 Å². The summed E-state index contributed by atoms with van der Waals surface area (Å²) < 4.78 is 4.69. The van der Waals surface area contributed by atoms with Crippen LogP contribution >= 0.6 is 0 Å². The molecule has 0 aliphatic heterocycles. The maximum Gasteiger partial charge on any atom is 0.0647 e. The van der Waals surface area contributed by atoms with Crippen LogP contribution in [0.4, 0.5) is 0 Å². The molecule has 1 atom stereocenters. The highest BCUT2D eigenvalue weighted by Gasteiger charge is 2.17. The molecular formula is C19H30N2. The molecule has 2 aromatic rings. The SMILES string of the molecule is CCCCC(CCC)c1ccc(-c2ccc(C)n2C)n1C. The van der Waals surface area contributed by atoms with E-state index in [2.05, 4.69) is 68.3 Å². The quantitative estimate of drug-likeness (QED) is 0.644. The molecule has 2 heteroatoms. The Morgan fingerprint density at radius 3 is 2.10 bits per heavy atom. The molecule has 0 aromatic carbocycles. The van der Waals surface area contributed by atoms with Crippen molar-refractivity contribution in [3.05, 3.63) is 35.7 Å². The predicted molar refractivity (Wildman–Crippen MR) is 91.7 cm³/mol. The van der Waals surface area contributed by atoms with Crippen molar-refractivity contribution in [2.75, 3.05) is 0 Å². The van der Waals surface area contributed by atoms with Gasteiger partial charge in [-0.05, 0) is 49.9 Å². The zero-order valence-electron chi connectivity index (χ0n) is 14.3. The van der Waals surface area contributed by atoms with Gasteiger partial charge in [0, 0.05) is 25.5 Å². The van der Waals surface area contributed by atoms with Crippen LogP contribution in [-0.4, -0.2) is 9.13 Å². The van der Waals surface area contributed by atoms with Crippen LogP contribution in [0, 0.1) is 6.92 Å². The van der Waals surface area contributed by atoms with Gasteiger partial charge in [0.2, 0.25) is 0 Å². The molecule has 0 aliphatic rings. The van der Waals surface area contributed by atoms with Crippen LogP contribution in [0.1, 0.15) is 63.3 Å². The van der Waals surface area contributed by atoms with Crippen LogP contribution < -0.4 is 0 Å². The molecule has 0 saturated heterocycles. The molecule has 0 radical (unpaired) electrons. The molecule has 116 valence electrons. The van der Waals surface area contributed by atoms with Crippen molar-refractivity contribution in [2.24, 2.45) is 14.1 Å². The van der Waals surface area contributed by atoms with Crippen LogP contribution in [0.3, 0.4) is 0 Å². The number of aromatic nitrogens is 2. The first-order valence-corrected chi connectivity index (χ1v) is 8.38. The molecule has 2 aromatic heterocycles. The van der Waals surface area contributed by atoms with E-state index in [9.17, 15) is 0 Å². The first-order valence-electron chi connectivity index (χ1n) is 8.38. The van der Waals surface area contributed by atoms with E-state index in [1.807, 2.05) is 0 Å². The summed E-state index contributed by atoms with van der Waals surface area (Å²) in [5, 5.41) is 0. The Morgan fingerprint density at radius 2 is 1.52 bits per heavy atom. The normalized spacial score (nSPS) is 12.8. The molecule has 1 unspecified atom stereocenters. The van der Waals surface area contributed by atoms with Gasteiger partial charge < -0.3 is 9.13 Å². The van der Waals surface area contributed by atoms with Crippen molar-refractivity contribution in [1.29, 1.82) is 0 Å². The summed E-state index contributed by atoms with van der Waals surface area (Å²) in [6.07, 6.45) is 6.48. The van der Waals surface area contributed by atoms with Crippen molar-refractivity contribution in [3.63, 3.8) is 0 Å². The summed E-state index contributed by atoms with van der Waals surface area (Å²) in [5.74, 6) is 0.704. The molecule has 0 N–H and O–H groups in total. The molecule has 0 spiro atoms. The third-order valence-electron chi connectivity index (χ3n) is 4.76. The second-order valence-electron chi connectivity index (χ2n) is 6.25. The van der Waals surface area contributed by atoms with E-state index in [1.165, 1.54) is 54.9 Å². The number of rotatable bonds is 7. The van der Waals surface area contributed by atoms with Gasteiger partial charge in [-0.1, -0.05) is 33.1 Å². The van der Waals surface area contributed by atoms with Gasteiger partial charge in [0.05, 0.1) is 11.4 Å². The van der Waals surface area contributed by atoms with Gasteiger partial charge in [-0.3, -0.25) is 0 Å². The molecule has 21 heavy (non-hydrogen) atoms. The van der Waals surface area contributed by atoms with Crippen molar-refractivity contribution in [2.45, 2.75) is 58.8 Å². The number of aryl methyl sites for hydroxylation is 1. The summed E-state index contributed by atoms with van der Waals surface area (Å²) in [6, 6.07) is 9.06. The Balaban J connectivity index is 2.32. The number of hydrogen-bond acceptors (Lipinski definition) is 0. The topological polar surface area (TPSA) is 9.86 Å². The summed E-state index contributed by atoms with van der Waals surface area (Å²) in [4.78, 5) is 0. The summed E-state index contributed by atoms with van der Waals surface area (Å²) >= 11 is 0. The second-order valence-corrected chi connectivity index (χ2v) is 6.25. The van der Waals surface area contributed by atoms with Crippen molar-refractivity contribution in [3.8, 4) is 11.4 Å². The molecule has 0 amide bonds. The summed E-state index contributed by atoms with van der Waals surface area (Å²) in [6.45, 7) is 6.74. The van der Waals surface area contributed by atoms with E-state index >= 15 is 0 Å². The van der Waals surface area contributed by atoms with Crippen LogP contribution in [0.2, 0.25) is 0 Å². The largest absolute Gasteiger partial charge is 0.347 e. The minimum Gasteiger partial charge on any atom is -0.347 e. The molecular weight excluding hydrogens is 256 g/mol. The van der Waals surface area contributed by atoms with Crippen LogP contribution in [0.5, 0.6) is 0 Å². The van der Waals surface area contributed by atoms with E-state index in [1.54, 1.807) is 0 Å². The smallest absolute Gasteiger partial charge is 0.0647 e. The minimum atomic E-state index is 0.704. The Morgan fingerprint density at radius 1 is 0.857 bits per heavy atom. The highest BCUT2D eigenvalue weighted by molar-refractivity contribution is 5.58. The first-order chi connectivity index (χ1) is 10.1. The second kappa shape index (κ2) is 7.02. The summed E-state index contributed by atoms with van der Waals surface area (Å²) in [5.41, 5.74) is 5.45. The third-order valence-corrected chi connectivity index (χ3v) is 4.76. The molecule has 0 saturated carbocycles. The summed E-state index contributed by atoms with van der Waals surface area (Å²) in [7, 11) is 4.37. The van der Waals surface area contributed by atoms with Gasteiger partial charge in [-0.2, -0.15) is 0 Å². The molecule has 2 rings (SSSR count). The van der Waals surface area contributed by atoms with Crippen LogP contribution in [-0.2, 0) is 14.1 Å². The van der Waals surface area contributed by atoms with Gasteiger partial charge in [-0.25, -0.2) is 0 Å². The lowest BCUT2D eigenvalue weighted by atomic mass is 9.94. The molecule has 0 bridgehead atoms. The number of unbranched alkanes of at least 4 members (excludes halogenated alkanes) is 1. The van der Waals surface area contributed by atoms with Gasteiger partial charge >= 0.3 is 0 Å². The third kappa shape index (κ3) is 3.25. The Kier molecular flexibility index (Phi) is 5.33. The molecule has 0 fully saturated rings. The lowest BCUT2D eigenvalue weighted by Crippen LogP contribution is -2.07. The van der Waals surface area contributed by atoms with Gasteiger partial charge in [0.15, 0.2) is 0 Å². The Labute approximate surface area is 129 Å². The maximum atomic E-state index is 2.41. The van der Waals surface area contributed by atoms with Gasteiger partial charge in [0.1, 0.15) is 0 Å². The lowest BCUT2D eigenvalue weighted by Gasteiger charge is -2.18. The van der Waals surface area contributed by atoms with Crippen molar-refractivity contribution < 1.29 is 0 Å². The van der Waals surface area contributed by atoms with Crippen LogP contribution in [0.15, 0.2) is 24.3 Å². The average Bonchev–Trinajstić information content (AvgIpc) is 2.99. The van der Waals surface area contributed by atoms with E-state index in [0.29, 0.717) is 5.92 Å². The standard InChI is InChI=1S/C19H30N2/c1-6-8-10-16(9-7-2)17-13-14-19(21(17)5)18-12-11-15(3)20(18)4/h11-14,16H,6-10H2,1-5H3. The fourth-order valence-electron chi connectivity index (χ4n) is 3.30. The van der Waals surface area contributed by atoms with Crippen molar-refractivity contribution >= 4 is 0 Å². The molecule has 0 aliphatic carbocycles. The van der Waals surface area contributed by atoms with Crippen LogP contribution in [0.25, 0.3) is 11.4 Å². The van der Waals surface area contributed by atoms with E-state index in [-0.39, 0.29) is 0 Å². The predicted octanol–water partition coefficient (Wildman–Crippen LogP) is 5.41. The zero-order valence-corrected chi connectivity index (χ0v) is 14.3. The maximum absolute atomic E-state index is 2.41. The zero-order chi connectivity index (χ0) is 15.4. The average molecular weight is 286 g/mol. The van der Waals surface area contributed by atoms with Gasteiger partial charge in [0.25, 0.3) is 0 Å². The highest BCUT2D eigenvalue weighted by atomic mass is 15.0. The number of hydrogen-bond donors (Lipinski definition) is 0. The highest BCUT2D eigenvalue weighted by Crippen LogP contribution is 2.31. The minimum absolute atomic E-state index is 0.704.